The zero-order valence-electron chi connectivity index (χ0n) is 12.5. The van der Waals surface area contributed by atoms with Crippen molar-refractivity contribution in [2.24, 2.45) is 0 Å². The monoisotopic (exact) mass is 285 g/mol. The second-order valence-corrected chi connectivity index (χ2v) is 5.48. The lowest BCUT2D eigenvalue weighted by Gasteiger charge is -2.17. The minimum Gasteiger partial charge on any atom is -0.338 e. The van der Waals surface area contributed by atoms with E-state index >= 15 is 0 Å². The number of hydrogen-bond donors (Lipinski definition) is 2. The van der Waals surface area contributed by atoms with Crippen LogP contribution in [0.1, 0.15) is 37.1 Å². The zero-order chi connectivity index (χ0) is 14.5. The van der Waals surface area contributed by atoms with Crippen molar-refractivity contribution in [1.82, 2.24) is 20.5 Å². The van der Waals surface area contributed by atoms with E-state index in [2.05, 4.69) is 51.6 Å². The molecule has 3 rings (SSSR count). The number of hydrogen-bond acceptors (Lipinski definition) is 4. The van der Waals surface area contributed by atoms with Crippen LogP contribution >= 0.6 is 0 Å². The van der Waals surface area contributed by atoms with Crippen molar-refractivity contribution >= 4 is 5.95 Å². The molecule has 0 radical (unpaired) electrons. The van der Waals surface area contributed by atoms with E-state index in [1.54, 1.807) is 0 Å². The molecule has 1 aromatic carbocycles. The van der Waals surface area contributed by atoms with Gasteiger partial charge in [0.25, 0.3) is 0 Å². The predicted octanol–water partition coefficient (Wildman–Crippen LogP) is 2.15. The third-order valence-corrected chi connectivity index (χ3v) is 4.05. The minimum absolute atomic E-state index is 0.289. The Hall–Kier alpha value is -1.88. The number of aromatic nitrogens is 3. The summed E-state index contributed by atoms with van der Waals surface area (Å²) >= 11 is 0. The van der Waals surface area contributed by atoms with E-state index in [-0.39, 0.29) is 5.92 Å². The lowest BCUT2D eigenvalue weighted by molar-refractivity contribution is 0.720. The normalized spacial score (nSPS) is 17.5. The van der Waals surface area contributed by atoms with E-state index in [1.165, 1.54) is 5.56 Å². The van der Waals surface area contributed by atoms with Crippen LogP contribution in [0.3, 0.4) is 0 Å². The van der Waals surface area contributed by atoms with E-state index in [4.69, 9.17) is 4.98 Å². The molecule has 0 bridgehead atoms. The molecule has 1 fully saturated rings. The van der Waals surface area contributed by atoms with Gasteiger partial charge in [0.2, 0.25) is 5.95 Å². The highest BCUT2D eigenvalue weighted by atomic mass is 15.4. The van der Waals surface area contributed by atoms with E-state index in [1.807, 2.05) is 6.07 Å². The van der Waals surface area contributed by atoms with Gasteiger partial charge < -0.3 is 10.2 Å². The summed E-state index contributed by atoms with van der Waals surface area (Å²) < 4.78 is 0. The summed E-state index contributed by atoms with van der Waals surface area (Å²) in [7, 11) is 0. The van der Waals surface area contributed by atoms with Crippen molar-refractivity contribution in [2.75, 3.05) is 31.1 Å². The fourth-order valence-corrected chi connectivity index (χ4v) is 2.88. The van der Waals surface area contributed by atoms with Gasteiger partial charge >= 0.3 is 0 Å². The fourth-order valence-electron chi connectivity index (χ4n) is 2.88. The van der Waals surface area contributed by atoms with E-state index < -0.39 is 0 Å². The standard InChI is InChI=1S/C16H23N5/c1-2-14(13-7-4-3-5-8-13)15-18-16(20-19-15)21-11-6-9-17-10-12-21/h3-5,7-8,14,17H,2,6,9-12H2,1H3,(H,18,19,20). The van der Waals surface area contributed by atoms with Gasteiger partial charge in [0.15, 0.2) is 0 Å². The van der Waals surface area contributed by atoms with Crippen LogP contribution < -0.4 is 10.2 Å². The Morgan fingerprint density at radius 1 is 1.19 bits per heavy atom. The van der Waals surface area contributed by atoms with E-state index in [9.17, 15) is 0 Å². The van der Waals surface area contributed by atoms with Crippen LogP contribution in [-0.2, 0) is 0 Å². The topological polar surface area (TPSA) is 56.8 Å². The van der Waals surface area contributed by atoms with Crippen LogP contribution in [0.25, 0.3) is 0 Å². The molecule has 1 saturated heterocycles. The molecule has 1 aliphatic rings. The smallest absolute Gasteiger partial charge is 0.244 e. The first-order valence-electron chi connectivity index (χ1n) is 7.81. The molecule has 2 heterocycles. The molecule has 2 aromatic rings. The van der Waals surface area contributed by atoms with E-state index in [0.29, 0.717) is 0 Å². The molecule has 0 saturated carbocycles. The summed E-state index contributed by atoms with van der Waals surface area (Å²) in [6.45, 7) is 6.26. The summed E-state index contributed by atoms with van der Waals surface area (Å²) in [5, 5.41) is 11.0. The molecular weight excluding hydrogens is 262 g/mol. The molecular formula is C16H23N5. The van der Waals surface area contributed by atoms with Gasteiger partial charge in [-0.3, -0.25) is 5.10 Å². The third kappa shape index (κ3) is 3.24. The third-order valence-electron chi connectivity index (χ3n) is 4.05. The number of nitrogens with one attached hydrogen (secondary N) is 2. The summed E-state index contributed by atoms with van der Waals surface area (Å²) in [5.41, 5.74) is 1.29. The average molecular weight is 285 g/mol. The Balaban J connectivity index is 1.79. The molecule has 1 aliphatic heterocycles. The van der Waals surface area contributed by atoms with Crippen LogP contribution in [0.4, 0.5) is 5.95 Å². The molecule has 2 N–H and O–H groups in total. The van der Waals surface area contributed by atoms with Gasteiger partial charge in [-0.05, 0) is 24.9 Å². The number of anilines is 1. The molecule has 1 aromatic heterocycles. The highest BCUT2D eigenvalue weighted by Gasteiger charge is 2.19. The van der Waals surface area contributed by atoms with Crippen molar-refractivity contribution in [1.29, 1.82) is 0 Å². The number of nitrogens with zero attached hydrogens (tertiary/aromatic N) is 3. The van der Waals surface area contributed by atoms with Crippen molar-refractivity contribution in [3.63, 3.8) is 0 Å². The van der Waals surface area contributed by atoms with Crippen molar-refractivity contribution in [3.05, 3.63) is 41.7 Å². The van der Waals surface area contributed by atoms with Crippen LogP contribution in [0.15, 0.2) is 30.3 Å². The SMILES string of the molecule is CCC(c1ccccc1)c1nc(N2CCCNCC2)n[nH]1. The second kappa shape index (κ2) is 6.72. The minimum atomic E-state index is 0.289. The molecule has 1 atom stereocenters. The quantitative estimate of drug-likeness (QED) is 0.903. The molecule has 0 aliphatic carbocycles. The molecule has 5 heteroatoms. The highest BCUT2D eigenvalue weighted by Crippen LogP contribution is 2.26. The van der Waals surface area contributed by atoms with Gasteiger partial charge in [0.05, 0.1) is 0 Å². The number of aromatic amines is 1. The van der Waals surface area contributed by atoms with Crippen LogP contribution in [-0.4, -0.2) is 41.4 Å². The summed E-state index contributed by atoms with van der Waals surface area (Å²) in [6, 6.07) is 10.5. The Kier molecular flexibility index (Phi) is 4.50. The molecule has 0 spiro atoms. The largest absolute Gasteiger partial charge is 0.338 e. The lowest BCUT2D eigenvalue weighted by Crippen LogP contribution is -2.28. The number of benzene rings is 1. The van der Waals surface area contributed by atoms with Gasteiger partial charge in [0, 0.05) is 25.6 Å². The molecule has 21 heavy (non-hydrogen) atoms. The van der Waals surface area contributed by atoms with Gasteiger partial charge in [-0.15, -0.1) is 5.10 Å². The molecule has 1 unspecified atom stereocenters. The molecule has 112 valence electrons. The average Bonchev–Trinajstić information content (AvgIpc) is 2.84. The number of H-pyrrole nitrogens is 1. The van der Waals surface area contributed by atoms with E-state index in [0.717, 1.165) is 50.8 Å². The Bertz CT molecular complexity index is 543. The second-order valence-electron chi connectivity index (χ2n) is 5.48. The fraction of sp³-hybridized carbons (Fsp3) is 0.500. The molecule has 0 amide bonds. The first-order valence-corrected chi connectivity index (χ1v) is 7.81. The van der Waals surface area contributed by atoms with Crippen LogP contribution in [0.2, 0.25) is 0 Å². The lowest BCUT2D eigenvalue weighted by atomic mass is 9.96. The summed E-state index contributed by atoms with van der Waals surface area (Å²) in [4.78, 5) is 7.02. The maximum atomic E-state index is 4.75. The van der Waals surface area contributed by atoms with Crippen molar-refractivity contribution in [2.45, 2.75) is 25.7 Å². The summed E-state index contributed by atoms with van der Waals surface area (Å²) in [5.74, 6) is 2.09. The maximum Gasteiger partial charge on any atom is 0.244 e. The highest BCUT2D eigenvalue weighted by molar-refractivity contribution is 5.32. The summed E-state index contributed by atoms with van der Waals surface area (Å²) in [6.07, 6.45) is 2.15. The van der Waals surface area contributed by atoms with Crippen LogP contribution in [0, 0.1) is 0 Å². The Morgan fingerprint density at radius 3 is 2.86 bits per heavy atom. The van der Waals surface area contributed by atoms with Gasteiger partial charge in [-0.1, -0.05) is 37.3 Å². The maximum absolute atomic E-state index is 4.75. The first kappa shape index (κ1) is 14.1. The number of rotatable bonds is 4. The van der Waals surface area contributed by atoms with Gasteiger partial charge in [-0.25, -0.2) is 0 Å². The van der Waals surface area contributed by atoms with Crippen molar-refractivity contribution in [3.8, 4) is 0 Å². The van der Waals surface area contributed by atoms with Crippen LogP contribution in [0.5, 0.6) is 0 Å². The van der Waals surface area contributed by atoms with Gasteiger partial charge in [-0.2, -0.15) is 4.98 Å². The predicted molar refractivity (Wildman–Crippen MR) is 84.7 cm³/mol. The van der Waals surface area contributed by atoms with Gasteiger partial charge in [0.1, 0.15) is 5.82 Å². The Labute approximate surface area is 125 Å². The van der Waals surface area contributed by atoms with Crippen molar-refractivity contribution < 1.29 is 0 Å². The molecule has 5 nitrogen and oxygen atoms in total. The zero-order valence-corrected chi connectivity index (χ0v) is 12.5. The Morgan fingerprint density at radius 2 is 2.05 bits per heavy atom. The first-order chi connectivity index (χ1) is 10.4.